The molecule has 0 unspecified atom stereocenters. The van der Waals surface area contributed by atoms with Gasteiger partial charge in [-0.3, -0.25) is 0 Å². The number of benzene rings is 1. The van der Waals surface area contributed by atoms with E-state index in [0.29, 0.717) is 16.0 Å². The van der Waals surface area contributed by atoms with Crippen LogP contribution in [0.2, 0.25) is 0 Å². The minimum atomic E-state index is -1.15. The summed E-state index contributed by atoms with van der Waals surface area (Å²) in [6.45, 7) is 0. The molecule has 1 fully saturated rings. The molecule has 1 aromatic carbocycles. The quantitative estimate of drug-likeness (QED) is 0.789. The van der Waals surface area contributed by atoms with Crippen LogP contribution in [0.4, 0.5) is 0 Å². The Labute approximate surface area is 120 Å². The molecule has 1 aliphatic carbocycles. The fraction of sp³-hybridized carbons (Fsp3) is 0.417. The highest BCUT2D eigenvalue weighted by molar-refractivity contribution is 9.10. The molecule has 1 aromatic rings. The predicted octanol–water partition coefficient (Wildman–Crippen LogP) is 3.07. The molecule has 1 atom stereocenters. The third-order valence-corrected chi connectivity index (χ3v) is 3.48. The van der Waals surface area contributed by atoms with Crippen molar-refractivity contribution in [1.29, 1.82) is 0 Å². The number of rotatable bonds is 4. The van der Waals surface area contributed by atoms with Crippen LogP contribution in [0.15, 0.2) is 16.6 Å². The average Bonchev–Trinajstić information content (AvgIpc) is 3.04. The molecule has 2 rings (SSSR count). The molecule has 0 heterocycles. The number of hydrogen-bond acceptors (Lipinski definition) is 3. The van der Waals surface area contributed by atoms with Crippen molar-refractivity contribution in [2.24, 2.45) is 11.7 Å². The van der Waals surface area contributed by atoms with E-state index in [4.69, 9.17) is 10.8 Å². The molecule has 0 aromatic heterocycles. The van der Waals surface area contributed by atoms with Gasteiger partial charge in [0.1, 0.15) is 11.3 Å². The van der Waals surface area contributed by atoms with Crippen molar-refractivity contribution >= 4 is 34.3 Å². The van der Waals surface area contributed by atoms with E-state index in [-0.39, 0.29) is 29.8 Å². The molecule has 100 valence electrons. The predicted molar refractivity (Wildman–Crippen MR) is 74.3 cm³/mol. The third kappa shape index (κ3) is 3.37. The highest BCUT2D eigenvalue weighted by atomic mass is 79.9. The van der Waals surface area contributed by atoms with Crippen LogP contribution < -0.4 is 5.73 Å². The Morgan fingerprint density at radius 2 is 2.11 bits per heavy atom. The first-order chi connectivity index (χ1) is 7.99. The van der Waals surface area contributed by atoms with Crippen molar-refractivity contribution in [2.45, 2.75) is 25.3 Å². The number of halogens is 2. The van der Waals surface area contributed by atoms with Gasteiger partial charge >= 0.3 is 5.97 Å². The Morgan fingerprint density at radius 3 is 2.61 bits per heavy atom. The van der Waals surface area contributed by atoms with Crippen LogP contribution in [0.1, 0.15) is 41.2 Å². The standard InChI is InChI=1S/C12H14BrNO3.ClH/c13-7-4-8(10(14)3-6-1-2-6)11(15)9(5-7)12(16)17;/h4-6,10,15H,1-3,14H2,(H,16,17);1H/t10-;/m0./s1. The summed E-state index contributed by atoms with van der Waals surface area (Å²) >= 11 is 3.24. The Kier molecular flexibility index (Phi) is 5.01. The second-order valence-electron chi connectivity index (χ2n) is 4.48. The van der Waals surface area contributed by atoms with Gasteiger partial charge in [-0.1, -0.05) is 28.8 Å². The van der Waals surface area contributed by atoms with Gasteiger partial charge in [0.05, 0.1) is 0 Å². The molecule has 0 spiro atoms. The van der Waals surface area contributed by atoms with E-state index < -0.39 is 5.97 Å². The maximum atomic E-state index is 11.0. The molecule has 6 heteroatoms. The number of carboxylic acid groups (broad SMARTS) is 1. The lowest BCUT2D eigenvalue weighted by molar-refractivity contribution is 0.0693. The Morgan fingerprint density at radius 1 is 1.50 bits per heavy atom. The number of hydrogen-bond donors (Lipinski definition) is 3. The molecule has 4 N–H and O–H groups in total. The molecule has 0 radical (unpaired) electrons. The van der Waals surface area contributed by atoms with E-state index in [0.717, 1.165) is 6.42 Å². The first-order valence-corrected chi connectivity index (χ1v) is 6.29. The molecule has 4 nitrogen and oxygen atoms in total. The summed E-state index contributed by atoms with van der Waals surface area (Å²) in [5.74, 6) is -0.741. The van der Waals surface area contributed by atoms with Gasteiger partial charge < -0.3 is 15.9 Å². The fourth-order valence-electron chi connectivity index (χ4n) is 1.91. The lowest BCUT2D eigenvalue weighted by atomic mass is 9.98. The van der Waals surface area contributed by atoms with Crippen LogP contribution in [-0.4, -0.2) is 16.2 Å². The summed E-state index contributed by atoms with van der Waals surface area (Å²) in [7, 11) is 0. The molecule has 0 amide bonds. The normalized spacial score (nSPS) is 15.9. The van der Waals surface area contributed by atoms with Gasteiger partial charge in [0.15, 0.2) is 0 Å². The molecule has 0 saturated heterocycles. The number of phenols is 1. The topological polar surface area (TPSA) is 83.6 Å². The van der Waals surface area contributed by atoms with Gasteiger partial charge in [-0.05, 0) is 24.5 Å². The first kappa shape index (κ1) is 15.3. The zero-order valence-corrected chi connectivity index (χ0v) is 12.0. The summed E-state index contributed by atoms with van der Waals surface area (Å²) in [5.41, 5.74) is 6.39. The second kappa shape index (κ2) is 5.91. The van der Waals surface area contributed by atoms with Crippen LogP contribution in [0.25, 0.3) is 0 Å². The van der Waals surface area contributed by atoms with Crippen molar-refractivity contribution in [1.82, 2.24) is 0 Å². The largest absolute Gasteiger partial charge is 0.507 e. The van der Waals surface area contributed by atoms with Crippen LogP contribution in [-0.2, 0) is 0 Å². The van der Waals surface area contributed by atoms with Crippen molar-refractivity contribution < 1.29 is 15.0 Å². The number of aromatic carboxylic acids is 1. The van der Waals surface area contributed by atoms with Crippen LogP contribution >= 0.6 is 28.3 Å². The first-order valence-electron chi connectivity index (χ1n) is 5.50. The summed E-state index contributed by atoms with van der Waals surface area (Å²) in [6.07, 6.45) is 3.14. The van der Waals surface area contributed by atoms with E-state index in [1.54, 1.807) is 6.07 Å². The number of aromatic hydroxyl groups is 1. The minimum absolute atomic E-state index is 0. The molecule has 1 aliphatic rings. The van der Waals surface area contributed by atoms with E-state index >= 15 is 0 Å². The molecular formula is C12H15BrClNO3. The fourth-order valence-corrected chi connectivity index (χ4v) is 2.38. The Balaban J connectivity index is 0.00000162. The highest BCUT2D eigenvalue weighted by Crippen LogP contribution is 2.40. The highest BCUT2D eigenvalue weighted by Gasteiger charge is 2.27. The van der Waals surface area contributed by atoms with Crippen LogP contribution in [0.3, 0.4) is 0 Å². The second-order valence-corrected chi connectivity index (χ2v) is 5.40. The van der Waals surface area contributed by atoms with Gasteiger partial charge in [-0.2, -0.15) is 0 Å². The number of carbonyl (C=O) groups is 1. The van der Waals surface area contributed by atoms with Gasteiger partial charge in [0.25, 0.3) is 0 Å². The van der Waals surface area contributed by atoms with E-state index in [2.05, 4.69) is 15.9 Å². The molecule has 1 saturated carbocycles. The lowest BCUT2D eigenvalue weighted by Crippen LogP contribution is -2.12. The lowest BCUT2D eigenvalue weighted by Gasteiger charge is -2.15. The van der Waals surface area contributed by atoms with E-state index in [9.17, 15) is 9.90 Å². The van der Waals surface area contributed by atoms with E-state index in [1.165, 1.54) is 18.9 Å². The monoisotopic (exact) mass is 335 g/mol. The number of nitrogens with two attached hydrogens (primary N) is 1. The summed E-state index contributed by atoms with van der Waals surface area (Å²) in [5, 5.41) is 18.9. The van der Waals surface area contributed by atoms with Gasteiger partial charge in [-0.25, -0.2) is 4.79 Å². The SMILES string of the molecule is Cl.N[C@@H](CC1CC1)c1cc(Br)cc(C(=O)O)c1O. The maximum Gasteiger partial charge on any atom is 0.339 e. The molecular weight excluding hydrogens is 321 g/mol. The van der Waals surface area contributed by atoms with Crippen molar-refractivity contribution in [2.75, 3.05) is 0 Å². The number of carboxylic acids is 1. The van der Waals surface area contributed by atoms with Crippen LogP contribution in [0, 0.1) is 5.92 Å². The van der Waals surface area contributed by atoms with Gasteiger partial charge in [-0.15, -0.1) is 12.4 Å². The molecule has 0 bridgehead atoms. The van der Waals surface area contributed by atoms with Crippen molar-refractivity contribution in [3.8, 4) is 5.75 Å². The zero-order valence-electron chi connectivity index (χ0n) is 9.60. The maximum absolute atomic E-state index is 11.0. The Bertz CT molecular complexity index is 463. The molecule has 18 heavy (non-hydrogen) atoms. The third-order valence-electron chi connectivity index (χ3n) is 3.02. The van der Waals surface area contributed by atoms with Crippen LogP contribution in [0.5, 0.6) is 5.75 Å². The average molecular weight is 337 g/mol. The zero-order chi connectivity index (χ0) is 12.6. The smallest absolute Gasteiger partial charge is 0.339 e. The van der Waals surface area contributed by atoms with E-state index in [1.807, 2.05) is 0 Å². The van der Waals surface area contributed by atoms with Crippen molar-refractivity contribution in [3.63, 3.8) is 0 Å². The van der Waals surface area contributed by atoms with Gasteiger partial charge in [0.2, 0.25) is 0 Å². The summed E-state index contributed by atoms with van der Waals surface area (Å²) in [6, 6.07) is 2.76. The van der Waals surface area contributed by atoms with Gasteiger partial charge in [0, 0.05) is 16.1 Å². The summed E-state index contributed by atoms with van der Waals surface area (Å²) in [4.78, 5) is 11.0. The molecule has 0 aliphatic heterocycles. The van der Waals surface area contributed by atoms with Crippen molar-refractivity contribution in [3.05, 3.63) is 27.7 Å². The minimum Gasteiger partial charge on any atom is -0.507 e. The Hall–Kier alpha value is -0.780. The summed E-state index contributed by atoms with van der Waals surface area (Å²) < 4.78 is 0.619.